The maximum atomic E-state index is 5.01. The minimum atomic E-state index is 0. The van der Waals surface area contributed by atoms with Crippen molar-refractivity contribution in [1.82, 2.24) is 4.98 Å². The predicted molar refractivity (Wildman–Crippen MR) is 160 cm³/mol. The van der Waals surface area contributed by atoms with Crippen molar-refractivity contribution in [3.8, 4) is 5.69 Å². The van der Waals surface area contributed by atoms with E-state index in [4.69, 9.17) is 9.98 Å². The number of nitrogens with zero attached hydrogens (tertiary/aromatic N) is 4. The Hall–Kier alpha value is -4.70. The van der Waals surface area contributed by atoms with Gasteiger partial charge < -0.3 is 0 Å². The second kappa shape index (κ2) is 10.5. The van der Waals surface area contributed by atoms with Crippen molar-refractivity contribution in [2.45, 2.75) is 21.3 Å². The van der Waals surface area contributed by atoms with E-state index >= 15 is 0 Å². The molecule has 0 aliphatic carbocycles. The van der Waals surface area contributed by atoms with Crippen LogP contribution in [0.3, 0.4) is 0 Å². The van der Waals surface area contributed by atoms with Crippen LogP contribution in [0.2, 0.25) is 0 Å². The molecule has 0 atom stereocenters. The lowest BCUT2D eigenvalue weighted by Gasteiger charge is -2.09. The molecule has 0 aliphatic rings. The Kier molecular flexibility index (Phi) is 7.21. The fraction of sp³-hybridized carbons (Fsp3) is 0.0909. The molecule has 0 saturated carbocycles. The van der Waals surface area contributed by atoms with Crippen molar-refractivity contribution in [2.75, 3.05) is 0 Å². The van der Waals surface area contributed by atoms with Gasteiger partial charge in [-0.05, 0) is 78.7 Å². The van der Waals surface area contributed by atoms with Crippen molar-refractivity contribution in [3.63, 3.8) is 0 Å². The molecule has 5 aromatic rings. The Labute approximate surface area is 218 Å². The number of para-hydroxylation sites is 1. The molecule has 0 saturated heterocycles. The van der Waals surface area contributed by atoms with Gasteiger partial charge in [-0.2, -0.15) is 0 Å². The van der Waals surface area contributed by atoms with Crippen LogP contribution in [0.15, 0.2) is 95.9 Å². The molecule has 0 aliphatic heterocycles. The fourth-order valence-electron chi connectivity index (χ4n) is 4.46. The van der Waals surface area contributed by atoms with Crippen molar-refractivity contribution in [1.29, 1.82) is 0 Å². The van der Waals surface area contributed by atoms with E-state index in [2.05, 4.69) is 84.9 Å². The van der Waals surface area contributed by atoms with Crippen LogP contribution in [0.1, 0.15) is 35.2 Å². The summed E-state index contributed by atoms with van der Waals surface area (Å²) < 4.78 is 2.22. The molecule has 0 amide bonds. The third kappa shape index (κ3) is 4.87. The first-order valence-electron chi connectivity index (χ1n) is 11.8. The molecule has 0 spiro atoms. The van der Waals surface area contributed by atoms with Gasteiger partial charge in [0, 0.05) is 30.5 Å². The zero-order valence-corrected chi connectivity index (χ0v) is 20.6. The van der Waals surface area contributed by atoms with E-state index in [1.165, 1.54) is 0 Å². The smallest absolute Gasteiger partial charge is 0.239 e. The Morgan fingerprint density at radius 3 is 1.84 bits per heavy atom. The largest absolute Gasteiger partial charge is 0.264 e. The zero-order chi connectivity index (χ0) is 25.2. The Balaban J connectivity index is 0.00000320. The van der Waals surface area contributed by atoms with E-state index < -0.39 is 0 Å². The van der Waals surface area contributed by atoms with Crippen LogP contribution >= 0.6 is 0 Å². The highest BCUT2D eigenvalue weighted by atomic mass is 15.0. The first kappa shape index (κ1) is 25.4. The molecule has 1 aromatic heterocycles. The van der Waals surface area contributed by atoms with Gasteiger partial charge in [-0.1, -0.05) is 50.9 Å². The van der Waals surface area contributed by atoms with Gasteiger partial charge in [0.05, 0.1) is 11.4 Å². The summed E-state index contributed by atoms with van der Waals surface area (Å²) >= 11 is 0. The van der Waals surface area contributed by atoms with E-state index in [-0.39, 0.29) is 7.43 Å². The van der Waals surface area contributed by atoms with E-state index in [9.17, 15) is 0 Å². The van der Waals surface area contributed by atoms with Gasteiger partial charge in [0.15, 0.2) is 0 Å². The number of rotatable bonds is 6. The summed E-state index contributed by atoms with van der Waals surface area (Å²) in [6.45, 7) is 15.6. The summed E-state index contributed by atoms with van der Waals surface area (Å²) in [6, 6.07) is 24.8. The zero-order valence-electron chi connectivity index (χ0n) is 20.6. The normalized spacial score (nSPS) is 11.0. The first-order chi connectivity index (χ1) is 17.5. The third-order valence-electron chi connectivity index (χ3n) is 6.32. The molecule has 0 fully saturated rings. The molecule has 182 valence electrons. The quantitative estimate of drug-likeness (QED) is 0.136. The van der Waals surface area contributed by atoms with Crippen molar-refractivity contribution >= 4 is 58.5 Å². The maximum Gasteiger partial charge on any atom is 0.239 e. The average Bonchev–Trinajstić information content (AvgIpc) is 2.90. The van der Waals surface area contributed by atoms with Gasteiger partial charge in [0.25, 0.3) is 0 Å². The SMILES string of the molecule is C.C=Cc1cc(C=C)cc(C=Nc2cc3c(cc2C)nc2cc(C)c(N=C)cc2[n+]3-c2ccccc2)c1. The fourth-order valence-corrected chi connectivity index (χ4v) is 4.46. The van der Waals surface area contributed by atoms with Crippen LogP contribution < -0.4 is 4.57 Å². The highest BCUT2D eigenvalue weighted by molar-refractivity contribution is 5.89. The van der Waals surface area contributed by atoms with Crippen LogP contribution in [0.5, 0.6) is 0 Å². The van der Waals surface area contributed by atoms with Gasteiger partial charge in [-0.15, -0.1) is 4.57 Å². The number of fused-ring (bicyclic) bond motifs is 2. The lowest BCUT2D eigenvalue weighted by Crippen LogP contribution is -2.33. The second-order valence-electron chi connectivity index (χ2n) is 8.80. The summed E-state index contributed by atoms with van der Waals surface area (Å²) in [7, 11) is 0. The molecule has 4 heteroatoms. The van der Waals surface area contributed by atoms with Crippen molar-refractivity contribution < 1.29 is 4.57 Å². The van der Waals surface area contributed by atoms with Crippen molar-refractivity contribution in [3.05, 3.63) is 114 Å². The summed E-state index contributed by atoms with van der Waals surface area (Å²) in [5.74, 6) is 0. The van der Waals surface area contributed by atoms with Gasteiger partial charge >= 0.3 is 0 Å². The van der Waals surface area contributed by atoms with Crippen LogP contribution in [-0.2, 0) is 0 Å². The molecule has 5 rings (SSSR count). The Morgan fingerprint density at radius 1 is 0.730 bits per heavy atom. The summed E-state index contributed by atoms with van der Waals surface area (Å²) in [4.78, 5) is 14.1. The predicted octanol–water partition coefficient (Wildman–Crippen LogP) is 8.29. The third-order valence-corrected chi connectivity index (χ3v) is 6.32. The second-order valence-corrected chi connectivity index (χ2v) is 8.80. The topological polar surface area (TPSA) is 41.5 Å². The molecule has 0 unspecified atom stereocenters. The van der Waals surface area contributed by atoms with Gasteiger partial charge in [-0.3, -0.25) is 9.98 Å². The lowest BCUT2D eigenvalue weighted by atomic mass is 10.1. The Bertz CT molecular complexity index is 1670. The average molecular weight is 484 g/mol. The van der Waals surface area contributed by atoms with Crippen LogP contribution in [0, 0.1) is 13.8 Å². The minimum Gasteiger partial charge on any atom is -0.264 e. The molecule has 4 nitrogen and oxygen atoms in total. The highest BCUT2D eigenvalue weighted by Crippen LogP contribution is 2.29. The van der Waals surface area contributed by atoms with Gasteiger partial charge in [-0.25, -0.2) is 4.98 Å². The standard InChI is InChI=1S/C32H27N4.CH4/c1-6-23-15-24(7-2)17-25(16-23)20-34-28-19-32-30(14-22(28)4)35-29-13-21(3)27(33-5)18-31(29)36(32)26-11-9-8-10-12-26;/h6-20H,1-2,5H2,3-4H3;1H4/q+1;. The van der Waals surface area contributed by atoms with Crippen LogP contribution in [0.4, 0.5) is 11.4 Å². The molecular weight excluding hydrogens is 452 g/mol. The lowest BCUT2D eigenvalue weighted by molar-refractivity contribution is -0.538. The van der Waals surface area contributed by atoms with E-state index in [0.29, 0.717) is 0 Å². The molecular formula is C33H31N4+. The van der Waals surface area contributed by atoms with Gasteiger partial charge in [0.2, 0.25) is 16.7 Å². The summed E-state index contributed by atoms with van der Waals surface area (Å²) in [5, 5.41) is 0. The van der Waals surface area contributed by atoms with E-state index in [0.717, 1.165) is 66.9 Å². The monoisotopic (exact) mass is 483 g/mol. The molecule has 0 N–H and O–H groups in total. The summed E-state index contributed by atoms with van der Waals surface area (Å²) in [5.41, 5.74) is 11.7. The number of aromatic nitrogens is 2. The van der Waals surface area contributed by atoms with Gasteiger partial charge in [0.1, 0.15) is 11.0 Å². The number of hydrogen-bond acceptors (Lipinski definition) is 3. The molecule has 37 heavy (non-hydrogen) atoms. The first-order valence-corrected chi connectivity index (χ1v) is 11.8. The number of aliphatic imine (C=N–C) groups is 2. The van der Waals surface area contributed by atoms with Crippen LogP contribution in [0.25, 0.3) is 39.9 Å². The number of benzene rings is 4. The number of aryl methyl sites for hydroxylation is 2. The molecule has 1 heterocycles. The van der Waals surface area contributed by atoms with E-state index in [1.807, 2.05) is 49.6 Å². The minimum absolute atomic E-state index is 0. The van der Waals surface area contributed by atoms with Crippen molar-refractivity contribution in [2.24, 2.45) is 9.98 Å². The van der Waals surface area contributed by atoms with E-state index in [1.54, 1.807) is 0 Å². The highest BCUT2D eigenvalue weighted by Gasteiger charge is 2.22. The molecule has 4 aromatic carbocycles. The van der Waals surface area contributed by atoms with Crippen LogP contribution in [-0.4, -0.2) is 17.9 Å². The number of hydrogen-bond donors (Lipinski definition) is 0. The Morgan fingerprint density at radius 2 is 1.27 bits per heavy atom. The summed E-state index contributed by atoms with van der Waals surface area (Å²) in [6.07, 6.45) is 5.55. The maximum absolute atomic E-state index is 5.01. The molecule has 0 bridgehead atoms. The molecule has 0 radical (unpaired) electrons.